The molecule has 0 radical (unpaired) electrons. The highest BCUT2D eigenvalue weighted by Crippen LogP contribution is 2.16. The molecule has 0 fully saturated rings. The first-order valence-electron chi connectivity index (χ1n) is 6.04. The molecule has 0 unspecified atom stereocenters. The summed E-state index contributed by atoms with van der Waals surface area (Å²) in [5, 5.41) is 0. The largest absolute Gasteiger partial charge is 0.381 e. The topological polar surface area (TPSA) is 9.23 Å². The molecule has 0 spiro atoms. The fourth-order valence-corrected chi connectivity index (χ4v) is 2.22. The normalized spacial score (nSPS) is 10.9. The fourth-order valence-electron chi connectivity index (χ4n) is 1.43. The number of benzene rings is 1. The molecule has 0 aliphatic heterocycles. The van der Waals surface area contributed by atoms with E-state index in [1.807, 2.05) is 17.8 Å². The third kappa shape index (κ3) is 6.91. The van der Waals surface area contributed by atoms with Crippen LogP contribution in [0.25, 0.3) is 0 Å². The fraction of sp³-hybridized carbons (Fsp3) is 0.571. The van der Waals surface area contributed by atoms with Gasteiger partial charge in [0.05, 0.1) is 6.61 Å². The van der Waals surface area contributed by atoms with Gasteiger partial charge in [0, 0.05) is 17.3 Å². The van der Waals surface area contributed by atoms with E-state index in [4.69, 9.17) is 4.74 Å². The van der Waals surface area contributed by atoms with Gasteiger partial charge in [0.1, 0.15) is 0 Å². The van der Waals surface area contributed by atoms with Crippen LogP contribution in [-0.4, -0.2) is 19.0 Å². The highest BCUT2D eigenvalue weighted by molar-refractivity contribution is 7.99. The number of hydrogen-bond acceptors (Lipinski definition) is 2. The summed E-state index contributed by atoms with van der Waals surface area (Å²) < 4.78 is 5.58. The Morgan fingerprint density at radius 2 is 1.88 bits per heavy atom. The monoisotopic (exact) mass is 238 g/mol. The number of rotatable bonds is 8. The smallest absolute Gasteiger partial charge is 0.0560 e. The maximum absolute atomic E-state index is 5.58. The van der Waals surface area contributed by atoms with E-state index in [-0.39, 0.29) is 0 Å². The SMILES string of the molecule is CC(C)CCCOCCSc1ccccc1. The van der Waals surface area contributed by atoms with Crippen molar-refractivity contribution in [2.45, 2.75) is 31.6 Å². The Hall–Kier alpha value is -0.470. The molecular weight excluding hydrogens is 216 g/mol. The van der Waals surface area contributed by atoms with Crippen LogP contribution in [-0.2, 0) is 4.74 Å². The first kappa shape index (κ1) is 13.6. The van der Waals surface area contributed by atoms with Gasteiger partial charge < -0.3 is 4.74 Å². The molecule has 0 aliphatic rings. The van der Waals surface area contributed by atoms with Crippen LogP contribution in [0.15, 0.2) is 35.2 Å². The third-order valence-corrected chi connectivity index (χ3v) is 3.29. The predicted octanol–water partition coefficient (Wildman–Crippen LogP) is 4.23. The van der Waals surface area contributed by atoms with Crippen LogP contribution in [0, 0.1) is 5.92 Å². The van der Waals surface area contributed by atoms with Gasteiger partial charge in [-0.2, -0.15) is 0 Å². The van der Waals surface area contributed by atoms with Crippen molar-refractivity contribution in [2.75, 3.05) is 19.0 Å². The molecule has 0 aromatic heterocycles. The molecule has 16 heavy (non-hydrogen) atoms. The van der Waals surface area contributed by atoms with Crippen molar-refractivity contribution in [3.05, 3.63) is 30.3 Å². The molecule has 0 atom stereocenters. The minimum Gasteiger partial charge on any atom is -0.381 e. The van der Waals surface area contributed by atoms with Gasteiger partial charge >= 0.3 is 0 Å². The van der Waals surface area contributed by atoms with Gasteiger partial charge in [-0.05, 0) is 30.9 Å². The maximum Gasteiger partial charge on any atom is 0.0560 e. The van der Waals surface area contributed by atoms with Crippen molar-refractivity contribution < 1.29 is 4.74 Å². The molecule has 0 saturated carbocycles. The van der Waals surface area contributed by atoms with E-state index in [0.717, 1.165) is 24.9 Å². The van der Waals surface area contributed by atoms with Crippen LogP contribution in [0.3, 0.4) is 0 Å². The van der Waals surface area contributed by atoms with E-state index < -0.39 is 0 Å². The number of hydrogen-bond donors (Lipinski definition) is 0. The lowest BCUT2D eigenvalue weighted by Crippen LogP contribution is -2.00. The van der Waals surface area contributed by atoms with Gasteiger partial charge in [0.15, 0.2) is 0 Å². The van der Waals surface area contributed by atoms with Gasteiger partial charge in [-0.3, -0.25) is 0 Å². The summed E-state index contributed by atoms with van der Waals surface area (Å²) in [6.45, 7) is 6.28. The summed E-state index contributed by atoms with van der Waals surface area (Å²) in [7, 11) is 0. The van der Waals surface area contributed by atoms with Crippen molar-refractivity contribution >= 4 is 11.8 Å². The van der Waals surface area contributed by atoms with Crippen molar-refractivity contribution in [1.29, 1.82) is 0 Å². The van der Waals surface area contributed by atoms with E-state index in [0.29, 0.717) is 0 Å². The second-order valence-corrected chi connectivity index (χ2v) is 5.48. The lowest BCUT2D eigenvalue weighted by Gasteiger charge is -2.06. The highest BCUT2D eigenvalue weighted by atomic mass is 32.2. The Bertz CT molecular complexity index is 259. The molecule has 0 saturated heterocycles. The van der Waals surface area contributed by atoms with Crippen LogP contribution < -0.4 is 0 Å². The first-order valence-corrected chi connectivity index (χ1v) is 7.03. The number of ether oxygens (including phenoxy) is 1. The van der Waals surface area contributed by atoms with Gasteiger partial charge in [0.25, 0.3) is 0 Å². The van der Waals surface area contributed by atoms with Gasteiger partial charge in [0.2, 0.25) is 0 Å². The van der Waals surface area contributed by atoms with E-state index in [1.54, 1.807) is 0 Å². The molecule has 1 aromatic carbocycles. The van der Waals surface area contributed by atoms with Gasteiger partial charge in [-0.15, -0.1) is 11.8 Å². The maximum atomic E-state index is 5.58. The third-order valence-electron chi connectivity index (χ3n) is 2.31. The Morgan fingerprint density at radius 1 is 1.12 bits per heavy atom. The van der Waals surface area contributed by atoms with Crippen LogP contribution in [0.5, 0.6) is 0 Å². The van der Waals surface area contributed by atoms with Crippen molar-refractivity contribution in [3.63, 3.8) is 0 Å². The van der Waals surface area contributed by atoms with E-state index in [2.05, 4.69) is 38.1 Å². The average molecular weight is 238 g/mol. The standard InChI is InChI=1S/C14H22OS/c1-13(2)7-6-10-15-11-12-16-14-8-4-3-5-9-14/h3-5,8-9,13H,6-7,10-12H2,1-2H3. The summed E-state index contributed by atoms with van der Waals surface area (Å²) in [5.74, 6) is 1.84. The number of thioether (sulfide) groups is 1. The molecule has 1 rings (SSSR count). The molecule has 0 N–H and O–H groups in total. The molecule has 90 valence electrons. The summed E-state index contributed by atoms with van der Waals surface area (Å²) in [6, 6.07) is 10.5. The molecule has 1 nitrogen and oxygen atoms in total. The van der Waals surface area contributed by atoms with Crippen molar-refractivity contribution in [2.24, 2.45) is 5.92 Å². The lowest BCUT2D eigenvalue weighted by atomic mass is 10.1. The predicted molar refractivity (Wildman–Crippen MR) is 72.1 cm³/mol. The highest BCUT2D eigenvalue weighted by Gasteiger charge is 1.95. The second kappa shape index (κ2) is 8.66. The Balaban J connectivity index is 1.93. The molecule has 1 aromatic rings. The summed E-state index contributed by atoms with van der Waals surface area (Å²) in [4.78, 5) is 1.33. The minimum absolute atomic E-state index is 0.794. The van der Waals surface area contributed by atoms with Crippen molar-refractivity contribution in [3.8, 4) is 0 Å². The van der Waals surface area contributed by atoms with Crippen LogP contribution in [0.1, 0.15) is 26.7 Å². The molecule has 0 amide bonds. The first-order chi connectivity index (χ1) is 7.79. The molecule has 2 heteroatoms. The molecular formula is C14H22OS. The van der Waals surface area contributed by atoms with E-state index in [9.17, 15) is 0 Å². The van der Waals surface area contributed by atoms with Crippen molar-refractivity contribution in [1.82, 2.24) is 0 Å². The molecule has 0 bridgehead atoms. The lowest BCUT2D eigenvalue weighted by molar-refractivity contribution is 0.143. The Kier molecular flexibility index (Phi) is 7.35. The minimum atomic E-state index is 0.794. The summed E-state index contributed by atoms with van der Waals surface area (Å²) in [6.07, 6.45) is 2.46. The zero-order valence-corrected chi connectivity index (χ0v) is 11.1. The van der Waals surface area contributed by atoms with E-state index >= 15 is 0 Å². The van der Waals surface area contributed by atoms with Gasteiger partial charge in [-0.25, -0.2) is 0 Å². The van der Waals surface area contributed by atoms with E-state index in [1.165, 1.54) is 17.7 Å². The van der Waals surface area contributed by atoms with Gasteiger partial charge in [-0.1, -0.05) is 32.0 Å². The Morgan fingerprint density at radius 3 is 2.56 bits per heavy atom. The van der Waals surface area contributed by atoms with Crippen LogP contribution >= 0.6 is 11.8 Å². The van der Waals surface area contributed by atoms with Crippen LogP contribution in [0.4, 0.5) is 0 Å². The second-order valence-electron chi connectivity index (χ2n) is 4.31. The summed E-state index contributed by atoms with van der Waals surface area (Å²) in [5.41, 5.74) is 0. The average Bonchev–Trinajstić information content (AvgIpc) is 2.29. The summed E-state index contributed by atoms with van der Waals surface area (Å²) >= 11 is 1.86. The quantitative estimate of drug-likeness (QED) is 0.495. The van der Waals surface area contributed by atoms with Crippen LogP contribution in [0.2, 0.25) is 0 Å². The zero-order valence-electron chi connectivity index (χ0n) is 10.3. The molecule has 0 aliphatic carbocycles. The zero-order chi connectivity index (χ0) is 11.6. The Labute approximate surface area is 104 Å². The molecule has 0 heterocycles.